The molecule has 0 spiro atoms. The molecule has 1 amide bonds. The van der Waals surface area contributed by atoms with E-state index in [0.29, 0.717) is 28.0 Å². The highest BCUT2D eigenvalue weighted by atomic mass is 16.6. The summed E-state index contributed by atoms with van der Waals surface area (Å²) in [6.45, 7) is 0. The second-order valence-electron chi connectivity index (χ2n) is 6.34. The summed E-state index contributed by atoms with van der Waals surface area (Å²) in [6.07, 6.45) is -0.474. The summed E-state index contributed by atoms with van der Waals surface area (Å²) in [4.78, 5) is 27.5. The lowest BCUT2D eigenvalue weighted by atomic mass is 10.1. The Labute approximate surface area is 151 Å². The van der Waals surface area contributed by atoms with Crippen molar-refractivity contribution in [2.45, 2.75) is 0 Å². The fraction of sp³-hybridized carbons (Fsp3) is 0.200. The highest BCUT2D eigenvalue weighted by Crippen LogP contribution is 2.27. The van der Waals surface area contributed by atoms with Crippen LogP contribution in [0.5, 0.6) is 5.75 Å². The second kappa shape index (κ2) is 6.92. The first-order valence-electron chi connectivity index (χ1n) is 8.10. The van der Waals surface area contributed by atoms with Gasteiger partial charge in [-0.25, -0.2) is 4.79 Å². The summed E-state index contributed by atoms with van der Waals surface area (Å²) < 4.78 is 11.2. The van der Waals surface area contributed by atoms with Crippen molar-refractivity contribution in [1.29, 1.82) is 0 Å². The van der Waals surface area contributed by atoms with Crippen molar-refractivity contribution in [2.24, 2.45) is 0 Å². The Morgan fingerprint density at radius 3 is 2.46 bits per heavy atom. The Morgan fingerprint density at radius 1 is 1.00 bits per heavy atom. The van der Waals surface area contributed by atoms with Gasteiger partial charge in [0, 0.05) is 45.5 Å². The lowest BCUT2D eigenvalue weighted by Gasteiger charge is -2.13. The molecule has 0 aliphatic heterocycles. The lowest BCUT2D eigenvalue weighted by molar-refractivity contribution is 0.172. The van der Waals surface area contributed by atoms with Crippen LogP contribution in [0.15, 0.2) is 57.7 Å². The molecule has 26 heavy (non-hydrogen) atoms. The molecule has 1 aromatic heterocycles. The number of rotatable bonds is 3. The van der Waals surface area contributed by atoms with E-state index in [4.69, 9.17) is 9.15 Å². The monoisotopic (exact) mass is 352 g/mol. The zero-order chi connectivity index (χ0) is 18.8. The molecule has 0 fully saturated rings. The fourth-order valence-corrected chi connectivity index (χ4v) is 2.47. The molecular formula is C20H20N2O4. The van der Waals surface area contributed by atoms with E-state index in [9.17, 15) is 9.59 Å². The van der Waals surface area contributed by atoms with E-state index in [-0.39, 0.29) is 5.43 Å². The van der Waals surface area contributed by atoms with Gasteiger partial charge in [0.2, 0.25) is 0 Å². The Balaban J connectivity index is 2.02. The third kappa shape index (κ3) is 3.54. The third-order valence-electron chi connectivity index (χ3n) is 3.92. The first-order chi connectivity index (χ1) is 12.3. The molecular weight excluding hydrogens is 332 g/mol. The van der Waals surface area contributed by atoms with Crippen LogP contribution in [-0.4, -0.2) is 39.2 Å². The molecule has 134 valence electrons. The van der Waals surface area contributed by atoms with Crippen LogP contribution < -0.4 is 15.1 Å². The smallest absolute Gasteiger partial charge is 0.414 e. The maximum atomic E-state index is 12.5. The van der Waals surface area contributed by atoms with Crippen LogP contribution in [-0.2, 0) is 0 Å². The molecule has 3 aromatic rings. The van der Waals surface area contributed by atoms with Crippen molar-refractivity contribution in [1.82, 2.24) is 4.90 Å². The highest BCUT2D eigenvalue weighted by Gasteiger charge is 2.11. The second-order valence-corrected chi connectivity index (χ2v) is 6.34. The molecule has 0 saturated carbocycles. The van der Waals surface area contributed by atoms with Crippen LogP contribution in [0.25, 0.3) is 22.3 Å². The van der Waals surface area contributed by atoms with Gasteiger partial charge in [0.25, 0.3) is 0 Å². The first-order valence-corrected chi connectivity index (χ1v) is 8.10. The van der Waals surface area contributed by atoms with Gasteiger partial charge in [-0.15, -0.1) is 0 Å². The maximum Gasteiger partial charge on any atom is 0.414 e. The van der Waals surface area contributed by atoms with E-state index in [1.54, 1.807) is 50.5 Å². The molecule has 3 rings (SSSR count). The van der Waals surface area contributed by atoms with Gasteiger partial charge in [0.1, 0.15) is 17.1 Å². The zero-order valence-electron chi connectivity index (χ0n) is 15.1. The molecule has 0 bridgehead atoms. The van der Waals surface area contributed by atoms with Crippen LogP contribution in [0.3, 0.4) is 0 Å². The quantitative estimate of drug-likeness (QED) is 0.721. The van der Waals surface area contributed by atoms with Gasteiger partial charge >= 0.3 is 6.09 Å². The number of carbonyl (C=O) groups is 1. The SMILES string of the molecule is CN(C)C(=O)Oc1cccc(-c2cc(=O)c3cc(N(C)C)ccc3o2)c1. The molecule has 0 aliphatic rings. The summed E-state index contributed by atoms with van der Waals surface area (Å²) in [7, 11) is 7.04. The summed E-state index contributed by atoms with van der Waals surface area (Å²) in [5, 5.41) is 0.523. The number of ether oxygens (including phenoxy) is 1. The molecule has 2 aromatic carbocycles. The Bertz CT molecular complexity index is 1020. The predicted octanol–water partition coefficient (Wildman–Crippen LogP) is 3.59. The summed E-state index contributed by atoms with van der Waals surface area (Å²) in [5.41, 5.74) is 1.97. The van der Waals surface area contributed by atoms with Crippen LogP contribution >= 0.6 is 0 Å². The number of amides is 1. The normalized spacial score (nSPS) is 10.6. The van der Waals surface area contributed by atoms with Crippen LogP contribution in [0, 0.1) is 0 Å². The van der Waals surface area contributed by atoms with Gasteiger partial charge in [-0.2, -0.15) is 0 Å². The average molecular weight is 352 g/mol. The number of carbonyl (C=O) groups excluding carboxylic acids is 1. The van der Waals surface area contributed by atoms with Crippen molar-refractivity contribution >= 4 is 22.7 Å². The predicted molar refractivity (Wildman–Crippen MR) is 102 cm³/mol. The van der Waals surface area contributed by atoms with Crippen molar-refractivity contribution in [3.05, 3.63) is 58.8 Å². The largest absolute Gasteiger partial charge is 0.456 e. The highest BCUT2D eigenvalue weighted by molar-refractivity contribution is 5.82. The number of hydrogen-bond acceptors (Lipinski definition) is 5. The first kappa shape index (κ1) is 17.5. The van der Waals surface area contributed by atoms with Gasteiger partial charge in [-0.05, 0) is 30.3 Å². The topological polar surface area (TPSA) is 63.0 Å². The van der Waals surface area contributed by atoms with E-state index < -0.39 is 6.09 Å². The van der Waals surface area contributed by atoms with Gasteiger partial charge < -0.3 is 19.0 Å². The van der Waals surface area contributed by atoms with Crippen molar-refractivity contribution in [3.63, 3.8) is 0 Å². The molecule has 0 unspecified atom stereocenters. The van der Waals surface area contributed by atoms with E-state index in [1.165, 1.54) is 11.0 Å². The summed E-state index contributed by atoms with van der Waals surface area (Å²) >= 11 is 0. The van der Waals surface area contributed by atoms with Gasteiger partial charge in [-0.3, -0.25) is 4.79 Å². The Morgan fingerprint density at radius 2 is 1.77 bits per heavy atom. The fourth-order valence-electron chi connectivity index (χ4n) is 2.47. The van der Waals surface area contributed by atoms with Gasteiger partial charge in [-0.1, -0.05) is 12.1 Å². The van der Waals surface area contributed by atoms with E-state index in [0.717, 1.165) is 5.69 Å². The lowest BCUT2D eigenvalue weighted by Crippen LogP contribution is -2.25. The maximum absolute atomic E-state index is 12.5. The standard InChI is InChI=1S/C20H20N2O4/c1-21(2)14-8-9-18-16(11-14)17(23)12-19(26-18)13-6-5-7-15(10-13)25-20(24)22(3)4/h5-12H,1-4H3. The molecule has 6 nitrogen and oxygen atoms in total. The number of fused-ring (bicyclic) bond motifs is 1. The molecule has 6 heteroatoms. The Kier molecular flexibility index (Phi) is 4.67. The average Bonchev–Trinajstić information content (AvgIpc) is 2.61. The summed E-state index contributed by atoms with van der Waals surface area (Å²) in [5.74, 6) is 0.801. The molecule has 1 heterocycles. The van der Waals surface area contributed by atoms with Gasteiger partial charge in [0.15, 0.2) is 5.43 Å². The minimum atomic E-state index is -0.474. The van der Waals surface area contributed by atoms with Crippen LogP contribution in [0.4, 0.5) is 10.5 Å². The van der Waals surface area contributed by atoms with E-state index in [1.807, 2.05) is 25.1 Å². The van der Waals surface area contributed by atoms with Crippen LogP contribution in [0.2, 0.25) is 0 Å². The van der Waals surface area contributed by atoms with Crippen molar-refractivity contribution in [2.75, 3.05) is 33.1 Å². The minimum absolute atomic E-state index is 0.124. The molecule has 0 N–H and O–H groups in total. The molecule has 0 aliphatic carbocycles. The molecule has 0 radical (unpaired) electrons. The third-order valence-corrected chi connectivity index (χ3v) is 3.92. The van der Waals surface area contributed by atoms with E-state index in [2.05, 4.69) is 0 Å². The minimum Gasteiger partial charge on any atom is -0.456 e. The summed E-state index contributed by atoms with van der Waals surface area (Å²) in [6, 6.07) is 13.8. The van der Waals surface area contributed by atoms with Crippen molar-refractivity contribution < 1.29 is 13.9 Å². The molecule has 0 saturated heterocycles. The van der Waals surface area contributed by atoms with Crippen molar-refractivity contribution in [3.8, 4) is 17.1 Å². The number of hydrogen-bond donors (Lipinski definition) is 0. The number of nitrogens with zero attached hydrogens (tertiary/aromatic N) is 2. The number of anilines is 1. The van der Waals surface area contributed by atoms with E-state index >= 15 is 0 Å². The molecule has 0 atom stereocenters. The van der Waals surface area contributed by atoms with Crippen LogP contribution in [0.1, 0.15) is 0 Å². The Hall–Kier alpha value is -3.28. The number of benzene rings is 2. The zero-order valence-corrected chi connectivity index (χ0v) is 15.1. The van der Waals surface area contributed by atoms with Gasteiger partial charge in [0.05, 0.1) is 5.39 Å².